The molecular formula is C20H14ClF2N3O3S. The number of benzene rings is 2. The van der Waals surface area contributed by atoms with Gasteiger partial charge in [-0.15, -0.1) is 11.3 Å². The first-order chi connectivity index (χ1) is 14.5. The van der Waals surface area contributed by atoms with Gasteiger partial charge in [-0.1, -0.05) is 41.9 Å². The van der Waals surface area contributed by atoms with Crippen molar-refractivity contribution < 1.29 is 23.1 Å². The molecule has 2 aromatic heterocycles. The largest absolute Gasteiger partial charge is 0.456 e. The molecule has 0 aliphatic carbocycles. The van der Waals surface area contributed by atoms with Crippen molar-refractivity contribution in [2.75, 3.05) is 6.54 Å². The van der Waals surface area contributed by atoms with Crippen molar-refractivity contribution in [1.82, 2.24) is 14.9 Å². The first-order valence-electron chi connectivity index (χ1n) is 8.80. The van der Waals surface area contributed by atoms with Crippen LogP contribution in [0.5, 0.6) is 0 Å². The summed E-state index contributed by atoms with van der Waals surface area (Å²) in [6.45, 7) is -3.71. The van der Waals surface area contributed by atoms with Crippen molar-refractivity contribution in [3.05, 3.63) is 64.3 Å². The van der Waals surface area contributed by atoms with E-state index in [1.165, 1.54) is 17.4 Å². The lowest BCUT2D eigenvalue weighted by Gasteiger charge is -2.09. The minimum absolute atomic E-state index is 0.0848. The van der Waals surface area contributed by atoms with E-state index in [1.807, 2.05) is 18.2 Å². The number of hydrogen-bond acceptors (Lipinski definition) is 5. The van der Waals surface area contributed by atoms with E-state index in [0.29, 0.717) is 15.1 Å². The van der Waals surface area contributed by atoms with Crippen LogP contribution in [0.15, 0.2) is 48.5 Å². The van der Waals surface area contributed by atoms with E-state index in [0.717, 1.165) is 10.1 Å². The van der Waals surface area contributed by atoms with Crippen molar-refractivity contribution in [1.29, 1.82) is 0 Å². The SMILES string of the molecule is O=C(CNC(=O)c1sc2ccccc2c1Cl)OCc1nc2ccccc2n1C(F)F. The van der Waals surface area contributed by atoms with Gasteiger partial charge in [0.2, 0.25) is 0 Å². The van der Waals surface area contributed by atoms with Crippen LogP contribution < -0.4 is 5.32 Å². The summed E-state index contributed by atoms with van der Waals surface area (Å²) in [6, 6.07) is 13.7. The number of nitrogens with one attached hydrogen (secondary N) is 1. The molecule has 30 heavy (non-hydrogen) atoms. The predicted molar refractivity (Wildman–Crippen MR) is 110 cm³/mol. The number of amides is 1. The van der Waals surface area contributed by atoms with Crippen LogP contribution in [0.3, 0.4) is 0 Å². The number of hydrogen-bond donors (Lipinski definition) is 1. The summed E-state index contributed by atoms with van der Waals surface area (Å²) >= 11 is 7.45. The molecule has 6 nitrogen and oxygen atoms in total. The molecular weight excluding hydrogens is 436 g/mol. The van der Waals surface area contributed by atoms with Gasteiger partial charge in [0.25, 0.3) is 5.91 Å². The van der Waals surface area contributed by atoms with Crippen LogP contribution in [0.1, 0.15) is 22.0 Å². The van der Waals surface area contributed by atoms with E-state index < -0.39 is 31.6 Å². The summed E-state index contributed by atoms with van der Waals surface area (Å²) in [7, 11) is 0. The molecule has 0 unspecified atom stereocenters. The molecule has 1 amide bonds. The fourth-order valence-electron chi connectivity index (χ4n) is 3.00. The third-order valence-electron chi connectivity index (χ3n) is 4.36. The quantitative estimate of drug-likeness (QED) is 0.430. The van der Waals surface area contributed by atoms with Gasteiger partial charge in [0.1, 0.15) is 18.0 Å². The number of esters is 1. The van der Waals surface area contributed by atoms with E-state index in [4.69, 9.17) is 16.3 Å². The lowest BCUT2D eigenvalue weighted by molar-refractivity contribution is -0.144. The van der Waals surface area contributed by atoms with Gasteiger partial charge in [0, 0.05) is 10.1 Å². The molecule has 0 spiro atoms. The highest BCUT2D eigenvalue weighted by atomic mass is 35.5. The highest BCUT2D eigenvalue weighted by Crippen LogP contribution is 2.34. The number of imidazole rings is 1. The van der Waals surface area contributed by atoms with Gasteiger partial charge in [-0.05, 0) is 18.2 Å². The van der Waals surface area contributed by atoms with Crippen LogP contribution in [0.2, 0.25) is 5.02 Å². The smallest absolute Gasteiger partial charge is 0.325 e. The van der Waals surface area contributed by atoms with E-state index >= 15 is 0 Å². The second-order valence-electron chi connectivity index (χ2n) is 6.25. The molecule has 0 bridgehead atoms. The zero-order valence-corrected chi connectivity index (χ0v) is 16.8. The second-order valence-corrected chi connectivity index (χ2v) is 7.68. The fourth-order valence-corrected chi connectivity index (χ4v) is 4.44. The van der Waals surface area contributed by atoms with Crippen LogP contribution in [-0.4, -0.2) is 28.0 Å². The number of carbonyl (C=O) groups excluding carboxylic acids is 2. The molecule has 0 saturated carbocycles. The lowest BCUT2D eigenvalue weighted by Crippen LogP contribution is -2.30. The van der Waals surface area contributed by atoms with Crippen molar-refractivity contribution in [3.8, 4) is 0 Å². The molecule has 4 rings (SSSR count). The standard InChI is InChI=1S/C20H14ClF2N3O3S/c21-17-11-5-1-4-8-14(11)30-18(17)19(28)24-9-16(27)29-10-15-25-12-6-2-3-7-13(12)26(15)20(22)23/h1-8,20H,9-10H2,(H,24,28). The number of ether oxygens (including phenoxy) is 1. The van der Waals surface area contributed by atoms with Crippen molar-refractivity contribution in [2.45, 2.75) is 13.2 Å². The van der Waals surface area contributed by atoms with Crippen LogP contribution in [0.4, 0.5) is 8.78 Å². The van der Waals surface area contributed by atoms with Crippen molar-refractivity contribution in [3.63, 3.8) is 0 Å². The van der Waals surface area contributed by atoms with Crippen LogP contribution >= 0.6 is 22.9 Å². The third kappa shape index (κ3) is 3.86. The first kappa shape index (κ1) is 20.2. The molecule has 0 aliphatic rings. The highest BCUT2D eigenvalue weighted by molar-refractivity contribution is 7.21. The van der Waals surface area contributed by atoms with Gasteiger partial charge in [-0.3, -0.25) is 14.2 Å². The maximum atomic E-state index is 13.4. The monoisotopic (exact) mass is 449 g/mol. The van der Waals surface area contributed by atoms with Crippen molar-refractivity contribution in [2.24, 2.45) is 0 Å². The molecule has 2 heterocycles. The molecule has 0 aliphatic heterocycles. The number of halogens is 3. The zero-order chi connectivity index (χ0) is 21.3. The fraction of sp³-hybridized carbons (Fsp3) is 0.150. The first-order valence-corrected chi connectivity index (χ1v) is 10.00. The molecule has 0 atom stereocenters. The number of nitrogens with zero attached hydrogens (tertiary/aromatic N) is 2. The van der Waals surface area contributed by atoms with E-state index in [1.54, 1.807) is 24.3 Å². The average molecular weight is 450 g/mol. The highest BCUT2D eigenvalue weighted by Gasteiger charge is 2.20. The predicted octanol–water partition coefficient (Wildman–Crippen LogP) is 4.77. The topological polar surface area (TPSA) is 73.2 Å². The Morgan fingerprint density at radius 3 is 2.67 bits per heavy atom. The number of rotatable bonds is 6. The average Bonchev–Trinajstić information content (AvgIpc) is 3.28. The van der Waals surface area contributed by atoms with Crippen molar-refractivity contribution >= 4 is 55.9 Å². The number of alkyl halides is 2. The van der Waals surface area contributed by atoms with Gasteiger partial charge in [-0.2, -0.15) is 8.78 Å². The summed E-state index contributed by atoms with van der Waals surface area (Å²) in [6.07, 6.45) is 0. The molecule has 0 radical (unpaired) electrons. The van der Waals surface area contributed by atoms with Gasteiger partial charge >= 0.3 is 12.5 Å². The van der Waals surface area contributed by atoms with Gasteiger partial charge < -0.3 is 10.1 Å². The molecule has 0 saturated heterocycles. The number of para-hydroxylation sites is 2. The van der Waals surface area contributed by atoms with Gasteiger partial charge in [0.05, 0.1) is 16.1 Å². The summed E-state index contributed by atoms with van der Waals surface area (Å²) in [5, 5.41) is 3.50. The summed E-state index contributed by atoms with van der Waals surface area (Å²) < 4.78 is 33.4. The van der Waals surface area contributed by atoms with Gasteiger partial charge in [0.15, 0.2) is 5.82 Å². The molecule has 0 fully saturated rings. The Balaban J connectivity index is 1.40. The number of fused-ring (bicyclic) bond motifs is 2. The molecule has 2 aromatic carbocycles. The third-order valence-corrected chi connectivity index (χ3v) is 6.03. The minimum atomic E-state index is -2.83. The summed E-state index contributed by atoms with van der Waals surface area (Å²) in [5.74, 6) is -1.38. The van der Waals surface area contributed by atoms with Crippen LogP contribution in [-0.2, 0) is 16.1 Å². The zero-order valence-electron chi connectivity index (χ0n) is 15.3. The van der Waals surface area contributed by atoms with Gasteiger partial charge in [-0.25, -0.2) is 4.98 Å². The summed E-state index contributed by atoms with van der Waals surface area (Å²) in [5.41, 5.74) is 0.614. The van der Waals surface area contributed by atoms with E-state index in [2.05, 4.69) is 10.3 Å². The van der Waals surface area contributed by atoms with E-state index in [9.17, 15) is 18.4 Å². The molecule has 1 N–H and O–H groups in total. The van der Waals surface area contributed by atoms with Crippen LogP contribution in [0.25, 0.3) is 21.1 Å². The second kappa shape index (κ2) is 8.37. The molecule has 4 aromatic rings. The number of aromatic nitrogens is 2. The Morgan fingerprint density at radius 1 is 1.17 bits per heavy atom. The molecule has 154 valence electrons. The maximum absolute atomic E-state index is 13.4. The minimum Gasteiger partial charge on any atom is -0.456 e. The Labute approximate surface area is 178 Å². The number of carbonyl (C=O) groups is 2. The lowest BCUT2D eigenvalue weighted by atomic mass is 10.2. The van der Waals surface area contributed by atoms with Crippen LogP contribution in [0, 0.1) is 0 Å². The normalized spacial score (nSPS) is 11.3. The number of thiophene rings is 1. The van der Waals surface area contributed by atoms with E-state index in [-0.39, 0.29) is 16.2 Å². The Morgan fingerprint density at radius 2 is 1.90 bits per heavy atom. The maximum Gasteiger partial charge on any atom is 0.325 e. The Bertz CT molecular complexity index is 1250. The Hall–Kier alpha value is -3.04. The Kier molecular flexibility index (Phi) is 5.65. The summed E-state index contributed by atoms with van der Waals surface area (Å²) in [4.78, 5) is 28.8. The molecule has 10 heteroatoms.